The van der Waals surface area contributed by atoms with Crippen LogP contribution in [0.2, 0.25) is 0 Å². The number of rotatable bonds is 54. The fraction of sp³-hybridized carbons (Fsp3) is 0.766. The van der Waals surface area contributed by atoms with E-state index in [1.807, 2.05) is 0 Å². The first-order chi connectivity index (χ1) is 34.5. The summed E-state index contributed by atoms with van der Waals surface area (Å²) in [5.41, 5.74) is 0. The van der Waals surface area contributed by atoms with Gasteiger partial charge in [0.1, 0.15) is 13.2 Å². The van der Waals surface area contributed by atoms with Crippen LogP contribution >= 0.6 is 0 Å². The Kier molecular flexibility index (Phi) is 55.8. The Balaban J connectivity index is 4.39. The summed E-state index contributed by atoms with van der Waals surface area (Å²) in [5, 5.41) is 0. The molecule has 70 heavy (non-hydrogen) atoms. The lowest BCUT2D eigenvalue weighted by atomic mass is 10.1. The third-order valence-electron chi connectivity index (χ3n) is 12.9. The zero-order chi connectivity index (χ0) is 50.7. The van der Waals surface area contributed by atoms with Crippen molar-refractivity contribution in [1.29, 1.82) is 0 Å². The Labute approximate surface area is 433 Å². The van der Waals surface area contributed by atoms with E-state index in [1.54, 1.807) is 0 Å². The van der Waals surface area contributed by atoms with Gasteiger partial charge in [-0.05, 0) is 103 Å². The van der Waals surface area contributed by atoms with Crippen LogP contribution in [0.1, 0.15) is 297 Å². The highest BCUT2D eigenvalue weighted by Crippen LogP contribution is 2.16. The van der Waals surface area contributed by atoms with Crippen LogP contribution in [0, 0.1) is 0 Å². The molecule has 0 saturated carbocycles. The zero-order valence-corrected chi connectivity index (χ0v) is 46.3. The van der Waals surface area contributed by atoms with Crippen molar-refractivity contribution in [3.8, 4) is 0 Å². The van der Waals surface area contributed by atoms with Gasteiger partial charge in [0.2, 0.25) is 0 Å². The van der Waals surface area contributed by atoms with Crippen molar-refractivity contribution in [2.45, 2.75) is 303 Å². The number of hydrogen-bond acceptors (Lipinski definition) is 6. The second-order valence-electron chi connectivity index (χ2n) is 19.9. The summed E-state index contributed by atoms with van der Waals surface area (Å²) in [6.45, 7) is 6.51. The molecule has 0 amide bonds. The first-order valence-electron chi connectivity index (χ1n) is 30.0. The van der Waals surface area contributed by atoms with Crippen molar-refractivity contribution in [2.24, 2.45) is 0 Å². The van der Waals surface area contributed by atoms with Crippen LogP contribution in [0.4, 0.5) is 0 Å². The molecule has 0 N–H and O–H groups in total. The fourth-order valence-corrected chi connectivity index (χ4v) is 8.44. The van der Waals surface area contributed by atoms with Crippen molar-refractivity contribution in [3.05, 3.63) is 72.9 Å². The van der Waals surface area contributed by atoms with Crippen LogP contribution in [0.5, 0.6) is 0 Å². The standard InChI is InChI=1S/C64H112O6/c1-4-7-10-13-16-19-22-25-28-31-32-34-36-39-42-45-48-51-54-57-63(66)69-60-61(59-68-62(65)56-53-50-47-44-41-38-35-30-27-24-21-18-15-12-9-6-3)70-64(67)58-55-52-49-46-43-40-37-33-29-26-23-20-17-14-11-8-5-2/h9,12,16,18-19,21-22,25-27,29-30,61H,4-8,10-11,13-15,17,20,23-24,28,31-60H2,1-3H3/b12-9-,19-16-,21-18-,25-22-,29-26-,30-27-. The van der Waals surface area contributed by atoms with Crippen molar-refractivity contribution >= 4 is 17.9 Å². The van der Waals surface area contributed by atoms with Crippen molar-refractivity contribution < 1.29 is 28.6 Å². The van der Waals surface area contributed by atoms with Gasteiger partial charge in [-0.3, -0.25) is 14.4 Å². The first-order valence-corrected chi connectivity index (χ1v) is 30.0. The molecule has 404 valence electrons. The van der Waals surface area contributed by atoms with E-state index in [-0.39, 0.29) is 31.1 Å². The molecule has 1 atom stereocenters. The first kappa shape index (κ1) is 66.9. The summed E-state index contributed by atoms with van der Waals surface area (Å²) in [6.07, 6.45) is 74.6. The Bertz CT molecular complexity index is 1310. The normalized spacial score (nSPS) is 12.6. The van der Waals surface area contributed by atoms with Crippen molar-refractivity contribution in [1.82, 2.24) is 0 Å². The van der Waals surface area contributed by atoms with Crippen LogP contribution in [0.25, 0.3) is 0 Å². The summed E-state index contributed by atoms with van der Waals surface area (Å²) in [7, 11) is 0. The summed E-state index contributed by atoms with van der Waals surface area (Å²) >= 11 is 0. The molecule has 0 aliphatic carbocycles. The highest BCUT2D eigenvalue weighted by atomic mass is 16.6. The molecule has 0 radical (unpaired) electrons. The number of esters is 3. The molecule has 6 heteroatoms. The van der Waals surface area contributed by atoms with Crippen LogP contribution < -0.4 is 0 Å². The molecule has 0 aliphatic heterocycles. The lowest BCUT2D eigenvalue weighted by molar-refractivity contribution is -0.167. The molecule has 0 aromatic carbocycles. The van der Waals surface area contributed by atoms with Gasteiger partial charge in [-0.1, -0.05) is 248 Å². The fourth-order valence-electron chi connectivity index (χ4n) is 8.44. The minimum atomic E-state index is -0.785. The molecule has 6 nitrogen and oxygen atoms in total. The van der Waals surface area contributed by atoms with E-state index >= 15 is 0 Å². The molecule has 0 spiro atoms. The van der Waals surface area contributed by atoms with Gasteiger partial charge >= 0.3 is 17.9 Å². The van der Waals surface area contributed by atoms with Crippen LogP contribution in [0.15, 0.2) is 72.9 Å². The largest absolute Gasteiger partial charge is 0.462 e. The molecule has 0 fully saturated rings. The van der Waals surface area contributed by atoms with E-state index in [0.717, 1.165) is 83.5 Å². The van der Waals surface area contributed by atoms with Gasteiger partial charge < -0.3 is 14.2 Å². The zero-order valence-electron chi connectivity index (χ0n) is 46.3. The predicted molar refractivity (Wildman–Crippen MR) is 302 cm³/mol. The SMILES string of the molecule is CC/C=C\C/C=C\C/C=C\CCCCCCCCC(=O)OCC(COC(=O)CCCCCCCCCCCC/C=C\C=C/CCCCC)OC(=O)CCCCCCCCC/C=C\CCCCCCCC. The molecule has 1 unspecified atom stereocenters. The number of carbonyl (C=O) groups is 3. The monoisotopic (exact) mass is 977 g/mol. The van der Waals surface area contributed by atoms with Gasteiger partial charge in [0.25, 0.3) is 0 Å². The van der Waals surface area contributed by atoms with Crippen LogP contribution in [-0.4, -0.2) is 37.2 Å². The Morgan fingerprint density at radius 2 is 0.600 bits per heavy atom. The Morgan fingerprint density at radius 3 is 1.00 bits per heavy atom. The lowest BCUT2D eigenvalue weighted by Gasteiger charge is -2.18. The number of unbranched alkanes of at least 4 members (excludes halogenated alkanes) is 32. The van der Waals surface area contributed by atoms with Crippen LogP contribution in [-0.2, 0) is 28.6 Å². The Hall–Kier alpha value is -3.15. The average molecular weight is 978 g/mol. The molecule has 0 bridgehead atoms. The maximum absolute atomic E-state index is 12.9. The van der Waals surface area contributed by atoms with E-state index in [0.29, 0.717) is 19.3 Å². The second kappa shape index (κ2) is 58.4. The molecule has 0 rings (SSSR count). The number of carbonyl (C=O) groups excluding carboxylic acids is 3. The third-order valence-corrected chi connectivity index (χ3v) is 12.9. The summed E-state index contributed by atoms with van der Waals surface area (Å²) in [4.78, 5) is 38.2. The van der Waals surface area contributed by atoms with E-state index < -0.39 is 6.10 Å². The average Bonchev–Trinajstić information content (AvgIpc) is 3.36. The van der Waals surface area contributed by atoms with Gasteiger partial charge in [-0.15, -0.1) is 0 Å². The molecule has 0 saturated heterocycles. The topological polar surface area (TPSA) is 78.9 Å². The summed E-state index contributed by atoms with van der Waals surface area (Å²) in [6, 6.07) is 0. The van der Waals surface area contributed by atoms with Gasteiger partial charge in [-0.2, -0.15) is 0 Å². The van der Waals surface area contributed by atoms with Gasteiger partial charge in [-0.25, -0.2) is 0 Å². The third kappa shape index (κ3) is 55.8. The molecular formula is C64H112O6. The molecule has 0 aliphatic rings. The van der Waals surface area contributed by atoms with E-state index in [1.165, 1.54) is 173 Å². The molecular weight excluding hydrogens is 865 g/mol. The van der Waals surface area contributed by atoms with Gasteiger partial charge in [0.05, 0.1) is 0 Å². The maximum Gasteiger partial charge on any atom is 0.306 e. The van der Waals surface area contributed by atoms with E-state index in [4.69, 9.17) is 14.2 Å². The van der Waals surface area contributed by atoms with Crippen molar-refractivity contribution in [2.75, 3.05) is 13.2 Å². The summed E-state index contributed by atoms with van der Waals surface area (Å²) < 4.78 is 16.9. The van der Waals surface area contributed by atoms with E-state index in [2.05, 4.69) is 93.7 Å². The predicted octanol–water partition coefficient (Wildman–Crippen LogP) is 20.2. The number of allylic oxidation sites excluding steroid dienone is 12. The van der Waals surface area contributed by atoms with Crippen molar-refractivity contribution in [3.63, 3.8) is 0 Å². The van der Waals surface area contributed by atoms with Crippen LogP contribution in [0.3, 0.4) is 0 Å². The highest BCUT2D eigenvalue weighted by molar-refractivity contribution is 5.71. The number of hydrogen-bond donors (Lipinski definition) is 0. The molecule has 0 aromatic heterocycles. The minimum Gasteiger partial charge on any atom is -0.462 e. The number of ether oxygens (including phenoxy) is 3. The maximum atomic E-state index is 12.9. The molecule has 0 aromatic rings. The second-order valence-corrected chi connectivity index (χ2v) is 19.9. The quantitative estimate of drug-likeness (QED) is 0.0199. The minimum absolute atomic E-state index is 0.0823. The summed E-state index contributed by atoms with van der Waals surface area (Å²) in [5.74, 6) is -0.892. The molecule has 0 heterocycles. The highest BCUT2D eigenvalue weighted by Gasteiger charge is 2.19. The van der Waals surface area contributed by atoms with E-state index in [9.17, 15) is 14.4 Å². The van der Waals surface area contributed by atoms with Gasteiger partial charge in [0.15, 0.2) is 6.10 Å². The Morgan fingerprint density at radius 1 is 0.314 bits per heavy atom. The lowest BCUT2D eigenvalue weighted by Crippen LogP contribution is -2.30. The van der Waals surface area contributed by atoms with Gasteiger partial charge in [0, 0.05) is 19.3 Å². The smallest absolute Gasteiger partial charge is 0.306 e.